The Kier molecular flexibility index (Phi) is 8.15. The Morgan fingerprint density at radius 3 is 2.81 bits per heavy atom. The number of amides is 1. The molecule has 1 atom stereocenters. The van der Waals surface area contributed by atoms with Crippen LogP contribution in [0, 0.1) is 11.3 Å². The first kappa shape index (κ1) is 17.2. The van der Waals surface area contributed by atoms with E-state index in [2.05, 4.69) is 12.2 Å². The molecule has 114 valence electrons. The van der Waals surface area contributed by atoms with Crippen LogP contribution in [0.25, 0.3) is 0 Å². The molecule has 1 amide bonds. The Labute approximate surface area is 127 Å². The number of hydrogen-bond donors (Lipinski definition) is 1. The van der Waals surface area contributed by atoms with Gasteiger partial charge >= 0.3 is 0 Å². The van der Waals surface area contributed by atoms with E-state index in [4.69, 9.17) is 10.00 Å². The highest BCUT2D eigenvalue weighted by Crippen LogP contribution is 2.11. The molecule has 4 nitrogen and oxygen atoms in total. The smallest absolute Gasteiger partial charge is 0.253 e. The van der Waals surface area contributed by atoms with Crippen molar-refractivity contribution in [1.29, 1.82) is 5.26 Å². The third kappa shape index (κ3) is 6.92. The van der Waals surface area contributed by atoms with Crippen molar-refractivity contribution in [2.24, 2.45) is 0 Å². The minimum absolute atomic E-state index is 0.182. The van der Waals surface area contributed by atoms with Gasteiger partial charge < -0.3 is 10.1 Å². The highest BCUT2D eigenvalue weighted by atomic mass is 16.5. The zero-order valence-electron chi connectivity index (χ0n) is 12.9. The van der Waals surface area contributed by atoms with Crippen molar-refractivity contribution in [3.05, 3.63) is 29.8 Å². The third-order valence-electron chi connectivity index (χ3n) is 3.24. The van der Waals surface area contributed by atoms with Gasteiger partial charge in [-0.15, -0.1) is 0 Å². The molecule has 21 heavy (non-hydrogen) atoms. The maximum absolute atomic E-state index is 12.0. The summed E-state index contributed by atoms with van der Waals surface area (Å²) in [6, 6.07) is 8.90. The molecule has 0 aromatic heterocycles. The zero-order valence-corrected chi connectivity index (χ0v) is 12.9. The largest absolute Gasteiger partial charge is 0.369 e. The summed E-state index contributed by atoms with van der Waals surface area (Å²) in [5, 5.41) is 11.6. The van der Waals surface area contributed by atoms with Crippen LogP contribution in [0.15, 0.2) is 24.3 Å². The summed E-state index contributed by atoms with van der Waals surface area (Å²) >= 11 is 0. The topological polar surface area (TPSA) is 62.1 Å². The van der Waals surface area contributed by atoms with E-state index in [1.165, 1.54) is 19.3 Å². The number of nitriles is 1. The molecule has 0 bridgehead atoms. The van der Waals surface area contributed by atoms with E-state index < -0.39 is 6.10 Å². The molecule has 1 rings (SSSR count). The normalized spacial score (nSPS) is 11.7. The first-order chi connectivity index (χ1) is 10.2. The van der Waals surface area contributed by atoms with Gasteiger partial charge in [0.15, 0.2) is 0 Å². The Morgan fingerprint density at radius 1 is 1.33 bits per heavy atom. The minimum atomic E-state index is -0.484. The molecule has 1 aromatic rings. The number of nitrogens with one attached hydrogen (secondary N) is 1. The quantitative estimate of drug-likeness (QED) is 0.701. The molecule has 0 saturated heterocycles. The summed E-state index contributed by atoms with van der Waals surface area (Å²) in [5.41, 5.74) is 1.15. The second-order valence-electron chi connectivity index (χ2n) is 5.11. The summed E-state index contributed by atoms with van der Waals surface area (Å²) in [6.45, 7) is 4.54. The molecule has 1 unspecified atom stereocenters. The second-order valence-corrected chi connectivity index (χ2v) is 5.11. The Balaban J connectivity index is 2.29. The van der Waals surface area contributed by atoms with E-state index in [-0.39, 0.29) is 5.91 Å². The summed E-state index contributed by atoms with van der Waals surface area (Å²) in [6.07, 6.45) is 5.35. The van der Waals surface area contributed by atoms with Gasteiger partial charge in [-0.25, -0.2) is 0 Å². The van der Waals surface area contributed by atoms with Crippen LogP contribution in [0.2, 0.25) is 0 Å². The van der Waals surface area contributed by atoms with Crippen LogP contribution in [0.4, 0.5) is 5.69 Å². The van der Waals surface area contributed by atoms with Crippen molar-refractivity contribution in [1.82, 2.24) is 0 Å². The maximum Gasteiger partial charge on any atom is 0.253 e. The fourth-order valence-corrected chi connectivity index (χ4v) is 1.95. The number of benzene rings is 1. The second kappa shape index (κ2) is 9.95. The van der Waals surface area contributed by atoms with Gasteiger partial charge in [-0.1, -0.05) is 38.7 Å². The van der Waals surface area contributed by atoms with Gasteiger partial charge in [-0.3, -0.25) is 4.79 Å². The third-order valence-corrected chi connectivity index (χ3v) is 3.24. The number of carbonyl (C=O) groups excluding carboxylic acids is 1. The van der Waals surface area contributed by atoms with E-state index in [0.717, 1.165) is 12.8 Å². The predicted octanol–water partition coefficient (Wildman–Crippen LogP) is 3.87. The molecule has 0 saturated carbocycles. The number of anilines is 1. The lowest BCUT2D eigenvalue weighted by molar-refractivity contribution is -0.126. The highest BCUT2D eigenvalue weighted by molar-refractivity contribution is 5.94. The predicted molar refractivity (Wildman–Crippen MR) is 84.0 cm³/mol. The fourth-order valence-electron chi connectivity index (χ4n) is 1.95. The molecule has 0 spiro atoms. The number of hydrogen-bond acceptors (Lipinski definition) is 3. The zero-order chi connectivity index (χ0) is 15.5. The lowest BCUT2D eigenvalue weighted by atomic mass is 10.2. The fraction of sp³-hybridized carbons (Fsp3) is 0.529. The average molecular weight is 288 g/mol. The molecule has 4 heteroatoms. The van der Waals surface area contributed by atoms with Crippen LogP contribution in [0.3, 0.4) is 0 Å². The summed E-state index contributed by atoms with van der Waals surface area (Å²) in [5.74, 6) is -0.182. The minimum Gasteiger partial charge on any atom is -0.369 e. The molecule has 0 radical (unpaired) electrons. The lowest BCUT2D eigenvalue weighted by Gasteiger charge is -2.13. The van der Waals surface area contributed by atoms with Gasteiger partial charge in [0.25, 0.3) is 5.91 Å². The SMILES string of the molecule is CCCCCCCOC(C)C(=O)Nc1cccc(C#N)c1. The standard InChI is InChI=1S/C17H24N2O2/c1-3-4-5-6-7-11-21-14(2)17(20)19-16-10-8-9-15(12-16)13-18/h8-10,12,14H,3-7,11H2,1-2H3,(H,19,20). The summed E-state index contributed by atoms with van der Waals surface area (Å²) in [4.78, 5) is 12.0. The van der Waals surface area contributed by atoms with Crippen LogP contribution in [0.5, 0.6) is 0 Å². The van der Waals surface area contributed by atoms with Crippen LogP contribution in [-0.2, 0) is 9.53 Å². The van der Waals surface area contributed by atoms with Crippen molar-refractivity contribution < 1.29 is 9.53 Å². The molecular formula is C17H24N2O2. The van der Waals surface area contributed by atoms with Crippen LogP contribution in [-0.4, -0.2) is 18.6 Å². The van der Waals surface area contributed by atoms with E-state index in [9.17, 15) is 4.79 Å². The van der Waals surface area contributed by atoms with Crippen LogP contribution < -0.4 is 5.32 Å². The number of unbranched alkanes of at least 4 members (excludes halogenated alkanes) is 4. The lowest BCUT2D eigenvalue weighted by Crippen LogP contribution is -2.28. The average Bonchev–Trinajstić information content (AvgIpc) is 2.50. The van der Waals surface area contributed by atoms with Gasteiger partial charge in [0.2, 0.25) is 0 Å². The van der Waals surface area contributed by atoms with E-state index in [1.54, 1.807) is 31.2 Å². The Bertz CT molecular complexity index is 480. The van der Waals surface area contributed by atoms with E-state index in [1.807, 2.05) is 6.07 Å². The number of rotatable bonds is 9. The van der Waals surface area contributed by atoms with Crippen molar-refractivity contribution in [2.75, 3.05) is 11.9 Å². The van der Waals surface area contributed by atoms with Crippen molar-refractivity contribution in [2.45, 2.75) is 52.1 Å². The molecule has 1 N–H and O–H groups in total. The molecular weight excluding hydrogens is 264 g/mol. The number of nitrogens with zero attached hydrogens (tertiary/aromatic N) is 1. The van der Waals surface area contributed by atoms with Crippen molar-refractivity contribution in [3.63, 3.8) is 0 Å². The maximum atomic E-state index is 12.0. The molecule has 0 aliphatic carbocycles. The van der Waals surface area contributed by atoms with Gasteiger partial charge in [0.1, 0.15) is 6.10 Å². The van der Waals surface area contributed by atoms with E-state index >= 15 is 0 Å². The van der Waals surface area contributed by atoms with Crippen molar-refractivity contribution >= 4 is 11.6 Å². The van der Waals surface area contributed by atoms with Gasteiger partial charge in [0, 0.05) is 12.3 Å². The Morgan fingerprint density at radius 2 is 2.10 bits per heavy atom. The molecule has 0 aliphatic heterocycles. The van der Waals surface area contributed by atoms with Gasteiger partial charge in [0.05, 0.1) is 11.6 Å². The van der Waals surface area contributed by atoms with Gasteiger partial charge in [-0.2, -0.15) is 5.26 Å². The monoisotopic (exact) mass is 288 g/mol. The molecule has 0 aliphatic rings. The number of carbonyl (C=O) groups is 1. The van der Waals surface area contributed by atoms with Gasteiger partial charge in [-0.05, 0) is 31.5 Å². The summed E-state index contributed by atoms with van der Waals surface area (Å²) in [7, 11) is 0. The van der Waals surface area contributed by atoms with E-state index in [0.29, 0.717) is 17.9 Å². The number of ether oxygens (including phenoxy) is 1. The molecule has 1 aromatic carbocycles. The van der Waals surface area contributed by atoms with Crippen molar-refractivity contribution in [3.8, 4) is 6.07 Å². The van der Waals surface area contributed by atoms with Crippen LogP contribution >= 0.6 is 0 Å². The molecule has 0 heterocycles. The Hall–Kier alpha value is -1.86. The van der Waals surface area contributed by atoms with Crippen LogP contribution in [0.1, 0.15) is 51.5 Å². The summed E-state index contributed by atoms with van der Waals surface area (Å²) < 4.78 is 5.54. The highest BCUT2D eigenvalue weighted by Gasteiger charge is 2.13. The first-order valence-electron chi connectivity index (χ1n) is 7.60. The first-order valence-corrected chi connectivity index (χ1v) is 7.60. The molecule has 0 fully saturated rings.